The molecule has 1 N–H and O–H groups in total. The van der Waals surface area contributed by atoms with Crippen LogP contribution in [0.2, 0.25) is 0 Å². The van der Waals surface area contributed by atoms with Crippen molar-refractivity contribution >= 4 is 5.69 Å². The predicted octanol–water partition coefficient (Wildman–Crippen LogP) is 4.30. The zero-order valence-electron chi connectivity index (χ0n) is 13.9. The molecule has 1 saturated heterocycles. The van der Waals surface area contributed by atoms with Crippen molar-refractivity contribution in [1.82, 2.24) is 10.3 Å². The number of anilines is 1. The van der Waals surface area contributed by atoms with Gasteiger partial charge < -0.3 is 10.2 Å². The van der Waals surface area contributed by atoms with Gasteiger partial charge in [-0.25, -0.2) is 0 Å². The van der Waals surface area contributed by atoms with Crippen LogP contribution in [0, 0.1) is 0 Å². The Morgan fingerprint density at radius 1 is 1.29 bits per heavy atom. The van der Waals surface area contributed by atoms with Gasteiger partial charge in [-0.05, 0) is 57.7 Å². The van der Waals surface area contributed by atoms with Crippen molar-refractivity contribution < 1.29 is 0 Å². The first-order valence-electron chi connectivity index (χ1n) is 8.72. The lowest BCUT2D eigenvalue weighted by atomic mass is 9.97. The van der Waals surface area contributed by atoms with Crippen molar-refractivity contribution in [3.8, 4) is 0 Å². The highest BCUT2D eigenvalue weighted by Crippen LogP contribution is 2.27. The maximum atomic E-state index is 4.70. The van der Waals surface area contributed by atoms with E-state index in [1.54, 1.807) is 0 Å². The van der Waals surface area contributed by atoms with Gasteiger partial charge in [0.2, 0.25) is 0 Å². The van der Waals surface area contributed by atoms with E-state index in [0.717, 1.165) is 18.7 Å². The molecule has 0 aliphatic carbocycles. The van der Waals surface area contributed by atoms with Crippen molar-refractivity contribution in [3.05, 3.63) is 24.0 Å². The SMILES string of the molecule is CCCNC(C)c1ccc(N2CCCCC2CCC)cn1. The summed E-state index contributed by atoms with van der Waals surface area (Å²) in [5, 5.41) is 3.50. The van der Waals surface area contributed by atoms with Crippen molar-refractivity contribution in [2.45, 2.75) is 71.4 Å². The summed E-state index contributed by atoms with van der Waals surface area (Å²) >= 11 is 0. The minimum atomic E-state index is 0.340. The van der Waals surface area contributed by atoms with E-state index >= 15 is 0 Å². The second kappa shape index (κ2) is 8.38. The molecule has 118 valence electrons. The summed E-state index contributed by atoms with van der Waals surface area (Å²) in [4.78, 5) is 7.27. The van der Waals surface area contributed by atoms with Gasteiger partial charge in [0.25, 0.3) is 0 Å². The summed E-state index contributed by atoms with van der Waals surface area (Å²) in [5.41, 5.74) is 2.45. The molecule has 3 nitrogen and oxygen atoms in total. The third-order valence-electron chi connectivity index (χ3n) is 4.50. The highest BCUT2D eigenvalue weighted by atomic mass is 15.2. The molecule has 2 heterocycles. The third kappa shape index (κ3) is 4.44. The van der Waals surface area contributed by atoms with Crippen LogP contribution in [0.15, 0.2) is 18.3 Å². The Balaban J connectivity index is 2.03. The summed E-state index contributed by atoms with van der Waals surface area (Å²) in [6.45, 7) is 8.92. The summed E-state index contributed by atoms with van der Waals surface area (Å²) in [6, 6.07) is 5.51. The van der Waals surface area contributed by atoms with Crippen LogP contribution in [0.3, 0.4) is 0 Å². The van der Waals surface area contributed by atoms with Gasteiger partial charge in [-0.15, -0.1) is 0 Å². The van der Waals surface area contributed by atoms with Crippen LogP contribution in [0.5, 0.6) is 0 Å². The molecule has 0 aromatic carbocycles. The second-order valence-corrected chi connectivity index (χ2v) is 6.25. The third-order valence-corrected chi connectivity index (χ3v) is 4.50. The Morgan fingerprint density at radius 3 is 2.81 bits per heavy atom. The van der Waals surface area contributed by atoms with Gasteiger partial charge in [-0.1, -0.05) is 20.3 Å². The van der Waals surface area contributed by atoms with E-state index in [1.165, 1.54) is 44.3 Å². The van der Waals surface area contributed by atoms with Crippen molar-refractivity contribution in [2.75, 3.05) is 18.0 Å². The molecular formula is C18H31N3. The zero-order chi connectivity index (χ0) is 15.1. The fourth-order valence-electron chi connectivity index (χ4n) is 3.26. The second-order valence-electron chi connectivity index (χ2n) is 6.25. The lowest BCUT2D eigenvalue weighted by Crippen LogP contribution is -2.39. The van der Waals surface area contributed by atoms with Crippen LogP contribution in [0.25, 0.3) is 0 Å². The van der Waals surface area contributed by atoms with E-state index < -0.39 is 0 Å². The fourth-order valence-corrected chi connectivity index (χ4v) is 3.26. The summed E-state index contributed by atoms with van der Waals surface area (Å²) in [5.74, 6) is 0. The lowest BCUT2D eigenvalue weighted by molar-refractivity contribution is 0.434. The zero-order valence-corrected chi connectivity index (χ0v) is 13.9. The van der Waals surface area contributed by atoms with Crippen molar-refractivity contribution in [1.29, 1.82) is 0 Å². The standard InChI is InChI=1S/C18H31N3/c1-4-8-16-9-6-7-13-21(16)17-10-11-18(20-14-17)15(3)19-12-5-2/h10-11,14-16,19H,4-9,12-13H2,1-3H3. The number of nitrogens with zero attached hydrogens (tertiary/aromatic N) is 2. The minimum Gasteiger partial charge on any atom is -0.367 e. The highest BCUT2D eigenvalue weighted by Gasteiger charge is 2.22. The van der Waals surface area contributed by atoms with Crippen molar-refractivity contribution in [2.24, 2.45) is 0 Å². The van der Waals surface area contributed by atoms with E-state index in [-0.39, 0.29) is 0 Å². The summed E-state index contributed by atoms with van der Waals surface area (Å²) < 4.78 is 0. The Hall–Kier alpha value is -1.09. The first-order chi connectivity index (χ1) is 10.3. The number of nitrogens with one attached hydrogen (secondary N) is 1. The first kappa shape index (κ1) is 16.3. The summed E-state index contributed by atoms with van der Waals surface area (Å²) in [7, 11) is 0. The van der Waals surface area contributed by atoms with E-state index in [1.807, 2.05) is 0 Å². The molecule has 1 aromatic heterocycles. The average Bonchev–Trinajstić information content (AvgIpc) is 2.53. The van der Waals surface area contributed by atoms with E-state index in [4.69, 9.17) is 4.98 Å². The molecule has 0 radical (unpaired) electrons. The molecule has 0 bridgehead atoms. The number of hydrogen-bond donors (Lipinski definition) is 1. The van der Waals surface area contributed by atoms with Gasteiger partial charge in [-0.2, -0.15) is 0 Å². The Kier molecular flexibility index (Phi) is 6.50. The molecule has 1 fully saturated rings. The molecule has 0 amide bonds. The molecule has 2 atom stereocenters. The monoisotopic (exact) mass is 289 g/mol. The van der Waals surface area contributed by atoms with Crippen LogP contribution >= 0.6 is 0 Å². The summed E-state index contributed by atoms with van der Waals surface area (Å²) in [6.07, 6.45) is 9.84. The van der Waals surface area contributed by atoms with Gasteiger partial charge in [0.05, 0.1) is 17.6 Å². The highest BCUT2D eigenvalue weighted by molar-refractivity contribution is 5.46. The van der Waals surface area contributed by atoms with E-state index in [2.05, 4.69) is 49.3 Å². The largest absolute Gasteiger partial charge is 0.367 e. The van der Waals surface area contributed by atoms with Crippen LogP contribution in [0.4, 0.5) is 5.69 Å². The molecule has 1 aliphatic rings. The van der Waals surface area contributed by atoms with Crippen molar-refractivity contribution in [3.63, 3.8) is 0 Å². The van der Waals surface area contributed by atoms with E-state index in [0.29, 0.717) is 12.1 Å². The lowest BCUT2D eigenvalue weighted by Gasteiger charge is -2.37. The predicted molar refractivity (Wildman–Crippen MR) is 90.8 cm³/mol. The number of rotatable bonds is 7. The van der Waals surface area contributed by atoms with Gasteiger partial charge >= 0.3 is 0 Å². The first-order valence-corrected chi connectivity index (χ1v) is 8.72. The molecule has 0 spiro atoms. The number of aromatic nitrogens is 1. The maximum Gasteiger partial charge on any atom is 0.0572 e. The van der Waals surface area contributed by atoms with Crippen LogP contribution in [0.1, 0.15) is 71.0 Å². The normalized spacial score (nSPS) is 20.5. The van der Waals surface area contributed by atoms with Crippen LogP contribution in [-0.2, 0) is 0 Å². The Morgan fingerprint density at radius 2 is 2.14 bits per heavy atom. The van der Waals surface area contributed by atoms with Crippen LogP contribution in [-0.4, -0.2) is 24.1 Å². The number of piperidine rings is 1. The van der Waals surface area contributed by atoms with Gasteiger partial charge in [0, 0.05) is 18.6 Å². The smallest absolute Gasteiger partial charge is 0.0572 e. The van der Waals surface area contributed by atoms with Gasteiger partial charge in [0.1, 0.15) is 0 Å². The number of pyridine rings is 1. The minimum absolute atomic E-state index is 0.340. The van der Waals surface area contributed by atoms with Gasteiger partial charge in [0.15, 0.2) is 0 Å². The molecule has 2 rings (SSSR count). The topological polar surface area (TPSA) is 28.2 Å². The molecule has 3 heteroatoms. The van der Waals surface area contributed by atoms with E-state index in [9.17, 15) is 0 Å². The van der Waals surface area contributed by atoms with Gasteiger partial charge in [-0.3, -0.25) is 4.98 Å². The Bertz CT molecular complexity index is 399. The molecule has 1 aliphatic heterocycles. The molecule has 0 saturated carbocycles. The number of hydrogen-bond acceptors (Lipinski definition) is 3. The Labute approximate surface area is 130 Å². The van der Waals surface area contributed by atoms with Crippen LogP contribution < -0.4 is 10.2 Å². The maximum absolute atomic E-state index is 4.70. The molecule has 2 unspecified atom stereocenters. The molecular weight excluding hydrogens is 258 g/mol. The molecule has 1 aromatic rings. The quantitative estimate of drug-likeness (QED) is 0.811. The fraction of sp³-hybridized carbons (Fsp3) is 0.722. The molecule has 21 heavy (non-hydrogen) atoms. The average molecular weight is 289 g/mol.